The number of benzene rings is 1. The Balaban J connectivity index is 2.45. The van der Waals surface area contributed by atoms with Gasteiger partial charge < -0.3 is 14.0 Å². The molecule has 1 aliphatic heterocycles. The zero-order valence-corrected chi connectivity index (χ0v) is 14.1. The summed E-state index contributed by atoms with van der Waals surface area (Å²) in [6, 6.07) is 2.79. The minimum atomic E-state index is -0.697. The first-order valence-corrected chi connectivity index (χ1v) is 7.43. The molecule has 0 bridgehead atoms. The summed E-state index contributed by atoms with van der Waals surface area (Å²) in [6.07, 6.45) is 0. The third-order valence-electron chi connectivity index (χ3n) is 4.08. The molecule has 1 aromatic carbocycles. The Labute approximate surface area is 135 Å². The van der Waals surface area contributed by atoms with Crippen LogP contribution in [0.1, 0.15) is 34.6 Å². The zero-order chi connectivity index (χ0) is 16.7. The lowest BCUT2D eigenvalue weighted by atomic mass is 9.78. The topological polar surface area (TPSA) is 70.8 Å². The molecule has 0 atom stereocenters. The Morgan fingerprint density at radius 2 is 1.82 bits per heavy atom. The normalized spacial score (nSPS) is 19.3. The fourth-order valence-corrected chi connectivity index (χ4v) is 2.37. The summed E-state index contributed by atoms with van der Waals surface area (Å²) in [5.41, 5.74) is -0.690. The molecule has 0 aromatic heterocycles. The third-order valence-corrected chi connectivity index (χ3v) is 4.41. The standard InChI is InChI=1S/C14H19BClNO5/c1-6-20-12-7-9(10(16)8-11(12)17(18)19)15-21-13(2,3)14(4,5)22-15/h7-8H,6H2,1-5H3. The van der Waals surface area contributed by atoms with Gasteiger partial charge in [0.25, 0.3) is 0 Å². The molecule has 1 heterocycles. The van der Waals surface area contributed by atoms with Crippen molar-refractivity contribution in [3.8, 4) is 5.75 Å². The van der Waals surface area contributed by atoms with Crippen LogP contribution in [0.4, 0.5) is 5.69 Å². The van der Waals surface area contributed by atoms with Crippen LogP contribution in [-0.2, 0) is 9.31 Å². The molecule has 2 rings (SSSR count). The van der Waals surface area contributed by atoms with E-state index in [-0.39, 0.29) is 16.5 Å². The summed E-state index contributed by atoms with van der Waals surface area (Å²) in [5.74, 6) is 0.154. The smallest absolute Gasteiger partial charge is 0.487 e. The van der Waals surface area contributed by atoms with Crippen LogP contribution < -0.4 is 10.2 Å². The van der Waals surface area contributed by atoms with Gasteiger partial charge >= 0.3 is 12.8 Å². The highest BCUT2D eigenvalue weighted by Crippen LogP contribution is 2.38. The molecule has 0 spiro atoms. The van der Waals surface area contributed by atoms with E-state index >= 15 is 0 Å². The van der Waals surface area contributed by atoms with E-state index in [2.05, 4.69) is 0 Å². The van der Waals surface area contributed by atoms with Gasteiger partial charge in [0.2, 0.25) is 0 Å². The molecule has 22 heavy (non-hydrogen) atoms. The SMILES string of the molecule is CCOc1cc(B2OC(C)(C)C(C)(C)O2)c(Cl)cc1[N+](=O)[O-]. The molecular formula is C14H19BClNO5. The largest absolute Gasteiger partial charge is 0.496 e. The number of halogens is 1. The number of hydrogen-bond acceptors (Lipinski definition) is 5. The number of nitrogens with zero attached hydrogens (tertiary/aromatic N) is 1. The molecule has 0 unspecified atom stereocenters. The van der Waals surface area contributed by atoms with Crippen LogP contribution in [0.3, 0.4) is 0 Å². The summed E-state index contributed by atoms with van der Waals surface area (Å²) < 4.78 is 17.2. The van der Waals surface area contributed by atoms with E-state index in [1.54, 1.807) is 6.92 Å². The van der Waals surface area contributed by atoms with Crippen molar-refractivity contribution in [1.29, 1.82) is 0 Å². The van der Waals surface area contributed by atoms with Crippen LogP contribution in [0.25, 0.3) is 0 Å². The van der Waals surface area contributed by atoms with E-state index in [0.717, 1.165) is 0 Å². The minimum absolute atomic E-state index is 0.154. The Morgan fingerprint density at radius 3 is 2.27 bits per heavy atom. The van der Waals surface area contributed by atoms with Crippen LogP contribution in [0, 0.1) is 10.1 Å². The molecule has 0 aliphatic carbocycles. The predicted octanol–water partition coefficient (Wildman–Crippen LogP) is 2.95. The lowest BCUT2D eigenvalue weighted by Gasteiger charge is -2.32. The fraction of sp³-hybridized carbons (Fsp3) is 0.571. The van der Waals surface area contributed by atoms with Crippen molar-refractivity contribution in [2.75, 3.05) is 6.61 Å². The first-order valence-electron chi connectivity index (χ1n) is 7.05. The van der Waals surface area contributed by atoms with Crippen LogP contribution >= 0.6 is 11.6 Å². The highest BCUT2D eigenvalue weighted by atomic mass is 35.5. The Hall–Kier alpha value is -1.31. The maximum absolute atomic E-state index is 11.1. The molecule has 0 radical (unpaired) electrons. The Morgan fingerprint density at radius 1 is 1.27 bits per heavy atom. The van der Waals surface area contributed by atoms with Gasteiger partial charge in [-0.3, -0.25) is 10.1 Å². The lowest BCUT2D eigenvalue weighted by molar-refractivity contribution is -0.385. The first kappa shape index (κ1) is 17.1. The summed E-state index contributed by atoms with van der Waals surface area (Å²) >= 11 is 6.19. The summed E-state index contributed by atoms with van der Waals surface area (Å²) in [4.78, 5) is 10.6. The zero-order valence-electron chi connectivity index (χ0n) is 13.3. The minimum Gasteiger partial charge on any atom is -0.487 e. The molecule has 0 N–H and O–H groups in total. The Kier molecular flexibility index (Phi) is 4.43. The van der Waals surface area contributed by atoms with Gasteiger partial charge in [-0.15, -0.1) is 0 Å². The quantitative estimate of drug-likeness (QED) is 0.483. The second-order valence-electron chi connectivity index (χ2n) is 6.12. The van der Waals surface area contributed by atoms with Gasteiger partial charge in [-0.05, 0) is 40.7 Å². The molecule has 1 aromatic rings. The first-order chi connectivity index (χ1) is 10.1. The number of rotatable bonds is 4. The molecule has 0 saturated carbocycles. The second-order valence-corrected chi connectivity index (χ2v) is 6.53. The third kappa shape index (κ3) is 2.93. The monoisotopic (exact) mass is 327 g/mol. The van der Waals surface area contributed by atoms with Crippen LogP contribution in [0.5, 0.6) is 5.75 Å². The second kappa shape index (κ2) is 5.72. The van der Waals surface area contributed by atoms with Gasteiger partial charge in [-0.2, -0.15) is 0 Å². The molecule has 1 aliphatic rings. The highest BCUT2D eigenvalue weighted by Gasteiger charge is 2.52. The van der Waals surface area contributed by atoms with E-state index in [0.29, 0.717) is 12.1 Å². The van der Waals surface area contributed by atoms with E-state index in [9.17, 15) is 10.1 Å². The summed E-state index contributed by atoms with van der Waals surface area (Å²) in [7, 11) is -0.697. The molecular weight excluding hydrogens is 308 g/mol. The number of nitro benzene ring substituents is 1. The summed E-state index contributed by atoms with van der Waals surface area (Å²) in [5, 5.41) is 11.3. The van der Waals surface area contributed by atoms with Crippen molar-refractivity contribution in [1.82, 2.24) is 0 Å². The molecule has 6 nitrogen and oxygen atoms in total. The van der Waals surface area contributed by atoms with E-state index < -0.39 is 23.2 Å². The van der Waals surface area contributed by atoms with Crippen molar-refractivity contribution < 1.29 is 19.0 Å². The van der Waals surface area contributed by atoms with Gasteiger partial charge in [0.15, 0.2) is 5.75 Å². The average molecular weight is 328 g/mol. The fourth-order valence-electron chi connectivity index (χ4n) is 2.12. The van der Waals surface area contributed by atoms with Crippen LogP contribution in [-0.4, -0.2) is 29.9 Å². The van der Waals surface area contributed by atoms with Crippen LogP contribution in [0.15, 0.2) is 12.1 Å². The lowest BCUT2D eigenvalue weighted by Crippen LogP contribution is -2.41. The molecule has 1 saturated heterocycles. The molecule has 0 amide bonds. The molecule has 1 fully saturated rings. The maximum atomic E-state index is 11.1. The van der Waals surface area contributed by atoms with Gasteiger partial charge in [0, 0.05) is 16.6 Å². The van der Waals surface area contributed by atoms with Gasteiger partial charge in [0.05, 0.1) is 22.7 Å². The van der Waals surface area contributed by atoms with E-state index in [4.69, 9.17) is 25.6 Å². The maximum Gasteiger partial charge on any atom is 0.496 e. The van der Waals surface area contributed by atoms with E-state index in [1.807, 2.05) is 27.7 Å². The van der Waals surface area contributed by atoms with Gasteiger partial charge in [0.1, 0.15) is 0 Å². The van der Waals surface area contributed by atoms with E-state index in [1.165, 1.54) is 12.1 Å². The van der Waals surface area contributed by atoms with Crippen molar-refractivity contribution in [3.63, 3.8) is 0 Å². The number of hydrogen-bond donors (Lipinski definition) is 0. The average Bonchev–Trinajstić information content (AvgIpc) is 2.60. The highest BCUT2D eigenvalue weighted by molar-refractivity contribution is 6.65. The number of ether oxygens (including phenoxy) is 1. The van der Waals surface area contributed by atoms with Crippen LogP contribution in [0.2, 0.25) is 5.02 Å². The number of nitro groups is 1. The molecule has 8 heteroatoms. The van der Waals surface area contributed by atoms with Gasteiger partial charge in [-0.1, -0.05) is 11.6 Å². The van der Waals surface area contributed by atoms with Crippen molar-refractivity contribution in [2.45, 2.75) is 45.8 Å². The Bertz CT molecular complexity index is 589. The summed E-state index contributed by atoms with van der Waals surface area (Å²) in [6.45, 7) is 9.77. The van der Waals surface area contributed by atoms with Crippen molar-refractivity contribution in [2.24, 2.45) is 0 Å². The predicted molar refractivity (Wildman–Crippen MR) is 85.0 cm³/mol. The molecule has 120 valence electrons. The van der Waals surface area contributed by atoms with Gasteiger partial charge in [-0.25, -0.2) is 0 Å². The van der Waals surface area contributed by atoms with Crippen molar-refractivity contribution in [3.05, 3.63) is 27.3 Å². The van der Waals surface area contributed by atoms with Crippen molar-refractivity contribution >= 4 is 29.9 Å².